The van der Waals surface area contributed by atoms with Crippen LogP contribution < -0.4 is 0 Å². The zero-order valence-corrected chi connectivity index (χ0v) is 15.9. The normalized spacial score (nSPS) is 14.8. The quantitative estimate of drug-likeness (QED) is 0.316. The molecule has 4 nitrogen and oxygen atoms in total. The Bertz CT molecular complexity index is 374. The van der Waals surface area contributed by atoms with Gasteiger partial charge < -0.3 is 10.2 Å². The maximum atomic E-state index is 11.9. The van der Waals surface area contributed by atoms with E-state index >= 15 is 0 Å². The molecule has 0 aliphatic heterocycles. The Labute approximate surface area is 147 Å². The molecule has 0 aliphatic carbocycles. The third-order valence-electron chi connectivity index (χ3n) is 4.87. The number of hydrogen-bond acceptors (Lipinski definition) is 2. The molecule has 2 atom stereocenters. The molecule has 0 spiro atoms. The Morgan fingerprint density at radius 1 is 0.667 bits per heavy atom. The Hall–Kier alpha value is -1.32. The zero-order valence-electron chi connectivity index (χ0n) is 15.9. The van der Waals surface area contributed by atoms with E-state index in [4.69, 9.17) is 0 Å². The molecule has 0 fully saturated rings. The smallest absolute Gasteiger partial charge is 0.332 e. The van der Waals surface area contributed by atoms with Crippen molar-refractivity contribution in [2.75, 3.05) is 0 Å². The maximum absolute atomic E-state index is 11.9. The molecule has 2 unspecified atom stereocenters. The summed E-state index contributed by atoms with van der Waals surface area (Å²) in [4.78, 5) is 23.8. The first-order valence-corrected chi connectivity index (χ1v) is 9.64. The fraction of sp³-hybridized carbons (Fsp3) is 0.800. The van der Waals surface area contributed by atoms with E-state index in [1.807, 2.05) is 13.8 Å². The molecule has 2 N–H and O–H groups in total. The fourth-order valence-electron chi connectivity index (χ4n) is 3.41. The maximum Gasteiger partial charge on any atom is 0.332 e. The Balaban J connectivity index is 5.66. The summed E-state index contributed by atoms with van der Waals surface area (Å²) >= 11 is 0. The molecular weight excluding hydrogens is 304 g/mol. The van der Waals surface area contributed by atoms with E-state index in [9.17, 15) is 19.8 Å². The molecule has 0 aliphatic rings. The summed E-state index contributed by atoms with van der Waals surface area (Å²) in [5.41, 5.74) is 0.314. The van der Waals surface area contributed by atoms with Crippen LogP contribution in [0.1, 0.15) is 91.9 Å². The summed E-state index contributed by atoms with van der Waals surface area (Å²) in [7, 11) is 0. The summed E-state index contributed by atoms with van der Waals surface area (Å²) in [5, 5.41) is 19.5. The lowest BCUT2D eigenvalue weighted by Crippen LogP contribution is -2.23. The van der Waals surface area contributed by atoms with Crippen LogP contribution in [0.25, 0.3) is 0 Å². The third kappa shape index (κ3) is 7.50. The van der Waals surface area contributed by atoms with Crippen molar-refractivity contribution in [3.63, 3.8) is 0 Å². The number of rotatable bonds is 14. The van der Waals surface area contributed by atoms with Crippen LogP contribution in [0, 0.1) is 11.8 Å². The van der Waals surface area contributed by atoms with Crippen LogP contribution in [0.2, 0.25) is 0 Å². The average molecular weight is 341 g/mol. The van der Waals surface area contributed by atoms with Gasteiger partial charge in [0.2, 0.25) is 0 Å². The van der Waals surface area contributed by atoms with Crippen molar-refractivity contribution >= 4 is 11.9 Å². The zero-order chi connectivity index (χ0) is 18.5. The molecule has 4 heteroatoms. The highest BCUT2D eigenvalue weighted by atomic mass is 16.4. The average Bonchev–Trinajstić information content (AvgIpc) is 2.54. The molecular formula is C20H36O4. The van der Waals surface area contributed by atoms with Crippen LogP contribution >= 0.6 is 0 Å². The van der Waals surface area contributed by atoms with E-state index in [-0.39, 0.29) is 23.0 Å². The van der Waals surface area contributed by atoms with Gasteiger partial charge in [-0.3, -0.25) is 0 Å². The minimum absolute atomic E-state index is 0.157. The second-order valence-corrected chi connectivity index (χ2v) is 6.64. The molecule has 24 heavy (non-hydrogen) atoms. The van der Waals surface area contributed by atoms with Gasteiger partial charge in [-0.25, -0.2) is 9.59 Å². The first-order chi connectivity index (χ1) is 11.4. The van der Waals surface area contributed by atoms with Crippen LogP contribution in [0.3, 0.4) is 0 Å². The van der Waals surface area contributed by atoms with Gasteiger partial charge in [0.05, 0.1) is 11.1 Å². The lowest BCUT2D eigenvalue weighted by molar-refractivity contribution is -0.137. The van der Waals surface area contributed by atoms with Gasteiger partial charge >= 0.3 is 11.9 Å². The predicted octanol–water partition coefficient (Wildman–Crippen LogP) is 5.67. The number of hydrogen-bond donors (Lipinski definition) is 2. The molecule has 0 heterocycles. The number of carboxylic acids is 2. The van der Waals surface area contributed by atoms with Crippen LogP contribution in [-0.2, 0) is 9.59 Å². The van der Waals surface area contributed by atoms with E-state index in [0.717, 1.165) is 51.4 Å². The van der Waals surface area contributed by atoms with E-state index < -0.39 is 11.9 Å². The summed E-state index contributed by atoms with van der Waals surface area (Å²) in [6.45, 7) is 8.13. The monoisotopic (exact) mass is 340 g/mol. The molecule has 0 saturated heterocycles. The molecule has 0 aromatic heterocycles. The van der Waals surface area contributed by atoms with Gasteiger partial charge in [-0.2, -0.15) is 0 Å². The highest BCUT2D eigenvalue weighted by Gasteiger charge is 2.30. The Kier molecular flexibility index (Phi) is 12.3. The molecule has 140 valence electrons. The second kappa shape index (κ2) is 13.0. The van der Waals surface area contributed by atoms with E-state index in [1.54, 1.807) is 0 Å². The van der Waals surface area contributed by atoms with Gasteiger partial charge in [-0.1, -0.05) is 66.2 Å². The van der Waals surface area contributed by atoms with Crippen LogP contribution in [-0.4, -0.2) is 22.2 Å². The van der Waals surface area contributed by atoms with Crippen LogP contribution in [0.5, 0.6) is 0 Å². The minimum Gasteiger partial charge on any atom is -0.478 e. The van der Waals surface area contributed by atoms with Crippen LogP contribution in [0.15, 0.2) is 11.1 Å². The summed E-state index contributed by atoms with van der Waals surface area (Å²) < 4.78 is 0. The van der Waals surface area contributed by atoms with E-state index in [2.05, 4.69) is 13.8 Å². The van der Waals surface area contributed by atoms with Gasteiger partial charge in [0.15, 0.2) is 0 Å². The Morgan fingerprint density at radius 2 is 1.00 bits per heavy atom. The molecule has 0 rings (SSSR count). The predicted molar refractivity (Wildman–Crippen MR) is 98.1 cm³/mol. The molecule has 0 radical (unpaired) electrons. The largest absolute Gasteiger partial charge is 0.478 e. The van der Waals surface area contributed by atoms with Crippen molar-refractivity contribution < 1.29 is 19.8 Å². The minimum atomic E-state index is -1.05. The van der Waals surface area contributed by atoms with Gasteiger partial charge in [-0.15, -0.1) is 0 Å². The molecule has 0 aromatic rings. The first-order valence-electron chi connectivity index (χ1n) is 9.64. The highest BCUT2D eigenvalue weighted by molar-refractivity contribution is 5.99. The summed E-state index contributed by atoms with van der Waals surface area (Å²) in [5.74, 6) is -2.44. The molecule has 0 saturated carbocycles. The molecule has 0 aromatic carbocycles. The standard InChI is InChI=1S/C20H36O4/c1-5-9-11-13-15(7-3)17(19(21)22)18(20(23)24)16(8-4)14-12-10-6-2/h15-16H,5-14H2,1-4H3,(H,21,22)(H,23,24)/b18-17-. The molecule has 0 amide bonds. The lowest BCUT2D eigenvalue weighted by Gasteiger charge is -2.23. The van der Waals surface area contributed by atoms with E-state index in [0.29, 0.717) is 12.8 Å². The van der Waals surface area contributed by atoms with Crippen molar-refractivity contribution in [1.82, 2.24) is 0 Å². The topological polar surface area (TPSA) is 74.6 Å². The van der Waals surface area contributed by atoms with E-state index in [1.165, 1.54) is 0 Å². The fourth-order valence-corrected chi connectivity index (χ4v) is 3.41. The third-order valence-corrected chi connectivity index (χ3v) is 4.87. The van der Waals surface area contributed by atoms with Crippen LogP contribution in [0.4, 0.5) is 0 Å². The van der Waals surface area contributed by atoms with Crippen molar-refractivity contribution in [3.05, 3.63) is 11.1 Å². The second-order valence-electron chi connectivity index (χ2n) is 6.64. The molecule has 0 bridgehead atoms. The van der Waals surface area contributed by atoms with Crippen molar-refractivity contribution in [2.45, 2.75) is 91.9 Å². The first kappa shape index (κ1) is 22.7. The van der Waals surface area contributed by atoms with Gasteiger partial charge in [-0.05, 0) is 37.5 Å². The summed E-state index contributed by atoms with van der Waals surface area (Å²) in [6, 6.07) is 0. The number of carbonyl (C=O) groups is 2. The highest BCUT2D eigenvalue weighted by Crippen LogP contribution is 2.32. The van der Waals surface area contributed by atoms with Crippen molar-refractivity contribution in [1.29, 1.82) is 0 Å². The Morgan fingerprint density at radius 3 is 1.21 bits per heavy atom. The summed E-state index contributed by atoms with van der Waals surface area (Å²) in [6.07, 6.45) is 9.02. The lowest BCUT2D eigenvalue weighted by atomic mass is 9.80. The number of unbranched alkanes of at least 4 members (excludes halogenated alkanes) is 4. The van der Waals surface area contributed by atoms with Gasteiger partial charge in [0, 0.05) is 0 Å². The van der Waals surface area contributed by atoms with Crippen molar-refractivity contribution in [2.24, 2.45) is 11.8 Å². The van der Waals surface area contributed by atoms with Gasteiger partial charge in [0.1, 0.15) is 0 Å². The number of carboxylic acid groups (broad SMARTS) is 2. The SMILES string of the molecule is CCCCCC(CC)/C(C(=O)O)=C(/C(=O)O)C(CC)CCCCC. The van der Waals surface area contributed by atoms with Gasteiger partial charge in [0.25, 0.3) is 0 Å². The van der Waals surface area contributed by atoms with Crippen molar-refractivity contribution in [3.8, 4) is 0 Å². The number of aliphatic carboxylic acids is 2.